The van der Waals surface area contributed by atoms with Crippen molar-refractivity contribution in [3.05, 3.63) is 60.9 Å². The predicted octanol–water partition coefficient (Wildman–Crippen LogP) is 3.59. The Balaban J connectivity index is 1.45. The number of benzene rings is 2. The highest BCUT2D eigenvalue weighted by molar-refractivity contribution is 7.91. The fourth-order valence-corrected chi connectivity index (χ4v) is 4.23. The van der Waals surface area contributed by atoms with Crippen molar-refractivity contribution in [2.24, 2.45) is 0 Å². The van der Waals surface area contributed by atoms with Crippen LogP contribution in [0, 0.1) is 0 Å². The average Bonchev–Trinajstić information content (AvgIpc) is 2.81. The molecule has 0 unspecified atom stereocenters. The Kier molecular flexibility index (Phi) is 6.34. The summed E-state index contributed by atoms with van der Waals surface area (Å²) in [5, 5.41) is 6.42. The van der Waals surface area contributed by atoms with Crippen molar-refractivity contribution >= 4 is 38.5 Å². The van der Waals surface area contributed by atoms with Gasteiger partial charge in [-0.3, -0.25) is 0 Å². The zero-order valence-electron chi connectivity index (χ0n) is 17.3. The first-order valence-electron chi connectivity index (χ1n) is 10.2. The topological polar surface area (TPSA) is 96.5 Å². The molecule has 0 amide bonds. The Bertz CT molecular complexity index is 1130. The molecule has 8 nitrogen and oxygen atoms in total. The summed E-state index contributed by atoms with van der Waals surface area (Å²) in [7, 11) is -3.27. The average molecular weight is 440 g/mol. The largest absolute Gasteiger partial charge is 0.378 e. The number of nitrogens with one attached hydrogen (secondary N) is 2. The zero-order chi connectivity index (χ0) is 21.7. The molecular weight excluding hydrogens is 414 g/mol. The predicted molar refractivity (Wildman–Crippen MR) is 122 cm³/mol. The highest BCUT2D eigenvalue weighted by Crippen LogP contribution is 2.24. The molecule has 1 aliphatic rings. The van der Waals surface area contributed by atoms with E-state index in [-0.39, 0.29) is 10.6 Å². The summed E-state index contributed by atoms with van der Waals surface area (Å²) < 4.78 is 29.6. The number of sulfone groups is 1. The van der Waals surface area contributed by atoms with Crippen molar-refractivity contribution in [3.63, 3.8) is 0 Å². The third-order valence-electron chi connectivity index (χ3n) is 5.03. The van der Waals surface area contributed by atoms with Crippen LogP contribution in [0.4, 0.5) is 28.7 Å². The second kappa shape index (κ2) is 9.32. The molecule has 0 bridgehead atoms. The highest BCUT2D eigenvalue weighted by atomic mass is 32.2. The van der Waals surface area contributed by atoms with Gasteiger partial charge < -0.3 is 20.3 Å². The van der Waals surface area contributed by atoms with E-state index in [4.69, 9.17) is 4.74 Å². The monoisotopic (exact) mass is 439 g/mol. The van der Waals surface area contributed by atoms with Crippen LogP contribution in [0.3, 0.4) is 0 Å². The van der Waals surface area contributed by atoms with Gasteiger partial charge in [-0.1, -0.05) is 13.0 Å². The van der Waals surface area contributed by atoms with Gasteiger partial charge in [-0.2, -0.15) is 0 Å². The standard InChI is InChI=1S/C22H25N5O3S/c1-2-31(28,29)20-5-3-4-18(14-20)26-22-15-21(23-16-24-22)25-17-6-8-19(9-7-17)27-10-12-30-13-11-27/h3-9,14-16H,2,10-13H2,1H3,(H2,23,24,25,26). The van der Waals surface area contributed by atoms with Crippen LogP contribution in [0.15, 0.2) is 65.8 Å². The Morgan fingerprint density at radius 2 is 1.61 bits per heavy atom. The van der Waals surface area contributed by atoms with Crippen molar-refractivity contribution in [3.8, 4) is 0 Å². The van der Waals surface area contributed by atoms with Crippen LogP contribution in [0.25, 0.3) is 0 Å². The van der Waals surface area contributed by atoms with Crippen LogP contribution in [-0.4, -0.2) is 50.4 Å². The molecule has 2 aromatic carbocycles. The molecule has 0 saturated carbocycles. The molecule has 1 saturated heterocycles. The zero-order valence-corrected chi connectivity index (χ0v) is 18.1. The van der Waals surface area contributed by atoms with Crippen molar-refractivity contribution in [1.82, 2.24) is 9.97 Å². The summed E-state index contributed by atoms with van der Waals surface area (Å²) >= 11 is 0. The third-order valence-corrected chi connectivity index (χ3v) is 6.76. The molecule has 9 heteroatoms. The molecule has 31 heavy (non-hydrogen) atoms. The lowest BCUT2D eigenvalue weighted by atomic mass is 10.2. The van der Waals surface area contributed by atoms with Crippen molar-refractivity contribution in [2.75, 3.05) is 47.6 Å². The van der Waals surface area contributed by atoms with E-state index in [1.54, 1.807) is 37.3 Å². The third kappa shape index (κ3) is 5.31. The number of anilines is 5. The molecule has 1 aliphatic heterocycles. The maximum atomic E-state index is 12.1. The van der Waals surface area contributed by atoms with Gasteiger partial charge in [-0.15, -0.1) is 0 Å². The van der Waals surface area contributed by atoms with Gasteiger partial charge in [0, 0.05) is 36.2 Å². The molecule has 2 heterocycles. The van der Waals surface area contributed by atoms with Gasteiger partial charge in [0.2, 0.25) is 0 Å². The van der Waals surface area contributed by atoms with Gasteiger partial charge in [0.25, 0.3) is 0 Å². The van der Waals surface area contributed by atoms with Gasteiger partial charge in [0.05, 0.1) is 23.9 Å². The van der Waals surface area contributed by atoms with E-state index < -0.39 is 9.84 Å². The fraction of sp³-hybridized carbons (Fsp3) is 0.273. The normalized spacial score (nSPS) is 14.3. The molecule has 4 rings (SSSR count). The lowest BCUT2D eigenvalue weighted by molar-refractivity contribution is 0.122. The summed E-state index contributed by atoms with van der Waals surface area (Å²) in [4.78, 5) is 11.1. The number of hydrogen-bond donors (Lipinski definition) is 2. The van der Waals surface area contributed by atoms with Crippen LogP contribution in [0.1, 0.15) is 6.92 Å². The van der Waals surface area contributed by atoms with E-state index in [1.807, 2.05) is 12.1 Å². The molecule has 3 aromatic rings. The van der Waals surface area contributed by atoms with Crippen LogP contribution in [0.5, 0.6) is 0 Å². The highest BCUT2D eigenvalue weighted by Gasteiger charge is 2.13. The quantitative estimate of drug-likeness (QED) is 0.577. The van der Waals surface area contributed by atoms with Crippen molar-refractivity contribution < 1.29 is 13.2 Å². The maximum Gasteiger partial charge on any atom is 0.178 e. The van der Waals surface area contributed by atoms with E-state index in [1.165, 1.54) is 12.0 Å². The van der Waals surface area contributed by atoms with Crippen LogP contribution in [-0.2, 0) is 14.6 Å². The lowest BCUT2D eigenvalue weighted by Crippen LogP contribution is -2.36. The summed E-state index contributed by atoms with van der Waals surface area (Å²) in [5.74, 6) is 1.25. The molecule has 0 atom stereocenters. The number of morpholine rings is 1. The first kappa shape index (κ1) is 21.1. The summed E-state index contributed by atoms with van der Waals surface area (Å²) in [6, 6.07) is 16.7. The maximum absolute atomic E-state index is 12.1. The van der Waals surface area contributed by atoms with E-state index in [9.17, 15) is 8.42 Å². The van der Waals surface area contributed by atoms with Crippen LogP contribution in [0.2, 0.25) is 0 Å². The first-order chi connectivity index (χ1) is 15.0. The molecular formula is C22H25N5O3S. The van der Waals surface area contributed by atoms with Gasteiger partial charge in [0.15, 0.2) is 9.84 Å². The van der Waals surface area contributed by atoms with Crippen molar-refractivity contribution in [2.45, 2.75) is 11.8 Å². The Morgan fingerprint density at radius 3 is 2.29 bits per heavy atom. The number of nitrogens with zero attached hydrogens (tertiary/aromatic N) is 3. The number of ether oxygens (including phenoxy) is 1. The minimum Gasteiger partial charge on any atom is -0.378 e. The van der Waals surface area contributed by atoms with E-state index >= 15 is 0 Å². The van der Waals surface area contributed by atoms with Crippen molar-refractivity contribution in [1.29, 1.82) is 0 Å². The van der Waals surface area contributed by atoms with E-state index in [0.29, 0.717) is 17.3 Å². The Hall–Kier alpha value is -3.17. The fourth-order valence-electron chi connectivity index (χ4n) is 3.30. The molecule has 0 radical (unpaired) electrons. The minimum atomic E-state index is -3.27. The molecule has 0 spiro atoms. The van der Waals surface area contributed by atoms with E-state index in [2.05, 4.69) is 37.6 Å². The molecule has 2 N–H and O–H groups in total. The Labute approximate surface area is 182 Å². The van der Waals surface area contributed by atoms with Gasteiger partial charge in [-0.25, -0.2) is 18.4 Å². The molecule has 1 aromatic heterocycles. The van der Waals surface area contributed by atoms with E-state index in [0.717, 1.165) is 32.0 Å². The Morgan fingerprint density at radius 1 is 0.935 bits per heavy atom. The molecule has 1 fully saturated rings. The number of hydrogen-bond acceptors (Lipinski definition) is 8. The second-order valence-electron chi connectivity index (χ2n) is 7.12. The summed E-state index contributed by atoms with van der Waals surface area (Å²) in [5.41, 5.74) is 2.73. The summed E-state index contributed by atoms with van der Waals surface area (Å²) in [6.07, 6.45) is 1.46. The molecule has 0 aliphatic carbocycles. The number of rotatable bonds is 7. The first-order valence-corrected chi connectivity index (χ1v) is 11.8. The van der Waals surface area contributed by atoms with Gasteiger partial charge in [-0.05, 0) is 42.5 Å². The smallest absolute Gasteiger partial charge is 0.178 e. The number of aromatic nitrogens is 2. The summed E-state index contributed by atoms with van der Waals surface area (Å²) in [6.45, 7) is 4.93. The van der Waals surface area contributed by atoms with Gasteiger partial charge >= 0.3 is 0 Å². The second-order valence-corrected chi connectivity index (χ2v) is 9.39. The van der Waals surface area contributed by atoms with Crippen LogP contribution < -0.4 is 15.5 Å². The van der Waals surface area contributed by atoms with Gasteiger partial charge in [0.1, 0.15) is 18.0 Å². The SMILES string of the molecule is CCS(=O)(=O)c1cccc(Nc2cc(Nc3ccc(N4CCOCC4)cc3)ncn2)c1. The van der Waals surface area contributed by atoms with Crippen LogP contribution >= 0.6 is 0 Å². The minimum absolute atomic E-state index is 0.0579. The lowest BCUT2D eigenvalue weighted by Gasteiger charge is -2.28. The molecule has 162 valence electrons.